The van der Waals surface area contributed by atoms with E-state index in [1.165, 1.54) is 17.3 Å². The van der Waals surface area contributed by atoms with E-state index in [1.807, 2.05) is 72.2 Å². The van der Waals surface area contributed by atoms with Gasteiger partial charge in [-0.05, 0) is 43.5 Å². The highest BCUT2D eigenvalue weighted by Crippen LogP contribution is 2.29. The Balaban J connectivity index is 1.15. The fourth-order valence-electron chi connectivity index (χ4n) is 6.01. The Bertz CT molecular complexity index is 1760. The van der Waals surface area contributed by atoms with Crippen LogP contribution in [-0.2, 0) is 16.1 Å². The molecule has 2 atom stereocenters. The largest absolute Gasteiger partial charge is 0.338 e. The van der Waals surface area contributed by atoms with Gasteiger partial charge < -0.3 is 14.4 Å². The number of aromatic nitrogens is 4. The molecule has 1 fully saturated rings. The van der Waals surface area contributed by atoms with Crippen molar-refractivity contribution in [3.05, 3.63) is 95.6 Å². The summed E-state index contributed by atoms with van der Waals surface area (Å²) in [5, 5.41) is 10.5. The number of carbonyl (C=O) groups is 2. The summed E-state index contributed by atoms with van der Waals surface area (Å²) in [6.07, 6.45) is 0.744. The van der Waals surface area contributed by atoms with Gasteiger partial charge in [-0.25, -0.2) is 4.98 Å². The third-order valence-corrected chi connectivity index (χ3v) is 9.10. The first kappa shape index (κ1) is 28.9. The molecule has 2 unspecified atom stereocenters. The van der Waals surface area contributed by atoms with E-state index >= 15 is 0 Å². The second-order valence-electron chi connectivity index (χ2n) is 11.2. The molecule has 1 saturated heterocycles. The lowest BCUT2D eigenvalue weighted by Crippen LogP contribution is -2.56. The molecule has 0 N–H and O–H groups in total. The fourth-order valence-corrected chi connectivity index (χ4v) is 6.69. The summed E-state index contributed by atoms with van der Waals surface area (Å²) in [6, 6.07) is 26.5. The molecular weight excluding hydrogens is 556 g/mol. The average molecular weight is 593 g/mol. The van der Waals surface area contributed by atoms with Crippen molar-refractivity contribution in [3.8, 4) is 0 Å². The summed E-state index contributed by atoms with van der Waals surface area (Å²) in [6.45, 7) is 8.36. The maximum atomic E-state index is 13.5. The lowest BCUT2D eigenvalue weighted by atomic mass is 9.94. The van der Waals surface area contributed by atoms with Crippen molar-refractivity contribution >= 4 is 45.6 Å². The van der Waals surface area contributed by atoms with E-state index in [9.17, 15) is 9.59 Å². The molecule has 9 heteroatoms. The summed E-state index contributed by atoms with van der Waals surface area (Å²) in [4.78, 5) is 35.4. The molecule has 43 heavy (non-hydrogen) atoms. The van der Waals surface area contributed by atoms with Gasteiger partial charge in [-0.2, -0.15) is 0 Å². The summed E-state index contributed by atoms with van der Waals surface area (Å²) in [5.41, 5.74) is 5.95. The van der Waals surface area contributed by atoms with Gasteiger partial charge in [0.2, 0.25) is 17.0 Å². The van der Waals surface area contributed by atoms with E-state index in [1.54, 1.807) is 0 Å². The van der Waals surface area contributed by atoms with Gasteiger partial charge in [-0.3, -0.25) is 9.59 Å². The van der Waals surface area contributed by atoms with Crippen molar-refractivity contribution in [1.29, 1.82) is 0 Å². The second-order valence-corrected chi connectivity index (χ2v) is 12.2. The normalized spacial score (nSPS) is 16.1. The molecule has 0 bridgehead atoms. The zero-order valence-corrected chi connectivity index (χ0v) is 25.6. The Hall–Kier alpha value is -4.24. The lowest BCUT2D eigenvalue weighted by Gasteiger charge is -2.41. The minimum Gasteiger partial charge on any atom is -0.338 e. The van der Waals surface area contributed by atoms with Gasteiger partial charge in [0.15, 0.2) is 5.65 Å². The number of piperazine rings is 1. The van der Waals surface area contributed by atoms with Gasteiger partial charge in [0.25, 0.3) is 0 Å². The van der Waals surface area contributed by atoms with Crippen molar-refractivity contribution in [2.45, 2.75) is 50.9 Å². The van der Waals surface area contributed by atoms with Gasteiger partial charge in [0, 0.05) is 37.6 Å². The van der Waals surface area contributed by atoms with Crippen LogP contribution in [0.2, 0.25) is 0 Å². The summed E-state index contributed by atoms with van der Waals surface area (Å²) < 4.78 is 2.18. The molecule has 2 amide bonds. The molecule has 8 nitrogen and oxygen atoms in total. The molecule has 3 aromatic carbocycles. The van der Waals surface area contributed by atoms with E-state index in [4.69, 9.17) is 4.98 Å². The van der Waals surface area contributed by atoms with Gasteiger partial charge in [0.1, 0.15) is 5.52 Å². The minimum absolute atomic E-state index is 0.0169. The quantitative estimate of drug-likeness (QED) is 0.216. The highest BCUT2D eigenvalue weighted by atomic mass is 32.2. The molecule has 220 valence electrons. The molecule has 2 aromatic heterocycles. The SMILES string of the molecule is CCC(C(=O)N1CCN(C(=O)CSc2nnc3c4cc(C)ccc4n(Cc4ccccc4)c3n2)CC1C)c1ccccc1. The maximum Gasteiger partial charge on any atom is 0.233 e. The van der Waals surface area contributed by atoms with Crippen LogP contribution in [0, 0.1) is 6.92 Å². The Morgan fingerprint density at radius 1 is 0.977 bits per heavy atom. The van der Waals surface area contributed by atoms with E-state index in [-0.39, 0.29) is 29.5 Å². The second kappa shape index (κ2) is 12.6. The van der Waals surface area contributed by atoms with Crippen molar-refractivity contribution in [3.63, 3.8) is 0 Å². The lowest BCUT2D eigenvalue weighted by molar-refractivity contribution is -0.142. The molecule has 0 saturated carbocycles. The van der Waals surface area contributed by atoms with Crippen LogP contribution in [0.15, 0.2) is 84.0 Å². The van der Waals surface area contributed by atoms with Crippen molar-refractivity contribution in [2.24, 2.45) is 0 Å². The fraction of sp³-hybridized carbons (Fsp3) is 0.324. The van der Waals surface area contributed by atoms with Gasteiger partial charge in [-0.1, -0.05) is 91.0 Å². The van der Waals surface area contributed by atoms with Gasteiger partial charge in [-0.15, -0.1) is 10.2 Å². The Labute approximate surface area is 256 Å². The van der Waals surface area contributed by atoms with Crippen LogP contribution in [0.4, 0.5) is 0 Å². The first-order chi connectivity index (χ1) is 20.9. The topological polar surface area (TPSA) is 84.2 Å². The Morgan fingerprint density at radius 3 is 2.44 bits per heavy atom. The molecule has 0 spiro atoms. The van der Waals surface area contributed by atoms with Crippen LogP contribution in [-0.4, -0.2) is 72.8 Å². The predicted octanol–water partition coefficient (Wildman–Crippen LogP) is 5.68. The summed E-state index contributed by atoms with van der Waals surface area (Å²) in [5.74, 6) is 0.204. The average Bonchev–Trinajstić information content (AvgIpc) is 3.32. The standard InChI is InChI=1S/C34H36N6O2S/c1-4-27(26-13-9-6-10-14-26)33(42)39-18-17-38(20-24(39)3)30(41)22-43-34-35-32-31(36-37-34)28-19-23(2)15-16-29(28)40(32)21-25-11-7-5-8-12-25/h5-16,19,24,27H,4,17-18,20-22H2,1-3H3. The van der Waals surface area contributed by atoms with E-state index in [0.717, 1.165) is 39.6 Å². The van der Waals surface area contributed by atoms with Crippen LogP contribution in [0.5, 0.6) is 0 Å². The summed E-state index contributed by atoms with van der Waals surface area (Å²) in [7, 11) is 0. The van der Waals surface area contributed by atoms with E-state index < -0.39 is 0 Å². The summed E-state index contributed by atoms with van der Waals surface area (Å²) >= 11 is 1.31. The van der Waals surface area contributed by atoms with Gasteiger partial charge >= 0.3 is 0 Å². The van der Waals surface area contributed by atoms with Crippen LogP contribution in [0.1, 0.15) is 42.9 Å². The number of fused-ring (bicyclic) bond motifs is 3. The molecule has 6 rings (SSSR count). The zero-order valence-electron chi connectivity index (χ0n) is 24.8. The number of nitrogens with zero attached hydrogens (tertiary/aromatic N) is 6. The number of amides is 2. The van der Waals surface area contributed by atoms with Crippen LogP contribution < -0.4 is 0 Å². The third kappa shape index (κ3) is 5.99. The van der Waals surface area contributed by atoms with Crippen molar-refractivity contribution < 1.29 is 9.59 Å². The Kier molecular flexibility index (Phi) is 8.42. The predicted molar refractivity (Wildman–Crippen MR) is 171 cm³/mol. The molecule has 0 radical (unpaired) electrons. The number of aryl methyl sites for hydroxylation is 1. The molecule has 1 aliphatic heterocycles. The van der Waals surface area contributed by atoms with Crippen molar-refractivity contribution in [1.82, 2.24) is 29.5 Å². The molecule has 3 heterocycles. The number of thioether (sulfide) groups is 1. The molecular formula is C34H36N6O2S. The smallest absolute Gasteiger partial charge is 0.233 e. The van der Waals surface area contributed by atoms with Crippen LogP contribution >= 0.6 is 11.8 Å². The number of hydrogen-bond acceptors (Lipinski definition) is 6. The number of carbonyl (C=O) groups excluding carboxylic acids is 2. The number of rotatable bonds is 8. The molecule has 1 aliphatic rings. The van der Waals surface area contributed by atoms with Crippen LogP contribution in [0.3, 0.4) is 0 Å². The first-order valence-electron chi connectivity index (χ1n) is 14.9. The third-order valence-electron chi connectivity index (χ3n) is 8.28. The van der Waals surface area contributed by atoms with Gasteiger partial charge in [0.05, 0.1) is 17.2 Å². The van der Waals surface area contributed by atoms with E-state index in [2.05, 4.69) is 52.0 Å². The minimum atomic E-state index is -0.164. The first-order valence-corrected chi connectivity index (χ1v) is 15.8. The van der Waals surface area contributed by atoms with Crippen molar-refractivity contribution in [2.75, 3.05) is 25.4 Å². The Morgan fingerprint density at radius 2 is 1.72 bits per heavy atom. The maximum absolute atomic E-state index is 13.5. The highest BCUT2D eigenvalue weighted by Gasteiger charge is 2.33. The highest BCUT2D eigenvalue weighted by molar-refractivity contribution is 7.99. The number of hydrogen-bond donors (Lipinski definition) is 0. The van der Waals surface area contributed by atoms with E-state index in [0.29, 0.717) is 31.3 Å². The molecule has 0 aliphatic carbocycles. The monoisotopic (exact) mass is 592 g/mol. The number of benzene rings is 3. The zero-order chi connectivity index (χ0) is 29.9. The van der Waals surface area contributed by atoms with Crippen LogP contribution in [0.25, 0.3) is 22.1 Å². The molecule has 5 aromatic rings.